The zero-order valence-corrected chi connectivity index (χ0v) is 21.9. The topological polar surface area (TPSA) is 116 Å². The van der Waals surface area contributed by atoms with Crippen molar-refractivity contribution in [1.82, 2.24) is 24.3 Å². The van der Waals surface area contributed by atoms with Crippen molar-refractivity contribution in [3.05, 3.63) is 88.4 Å². The van der Waals surface area contributed by atoms with Gasteiger partial charge >= 0.3 is 11.9 Å². The van der Waals surface area contributed by atoms with Gasteiger partial charge in [-0.25, -0.2) is 18.6 Å². The molecule has 0 saturated carbocycles. The van der Waals surface area contributed by atoms with Gasteiger partial charge in [-0.05, 0) is 54.1 Å². The molecule has 2 aromatic heterocycles. The van der Waals surface area contributed by atoms with Gasteiger partial charge in [0.2, 0.25) is 5.91 Å². The Kier molecular flexibility index (Phi) is 7.41. The molecule has 15 heteroatoms. The fourth-order valence-corrected chi connectivity index (χ4v) is 4.43. The summed E-state index contributed by atoms with van der Waals surface area (Å²) in [4.78, 5) is 29.8. The van der Waals surface area contributed by atoms with Crippen LogP contribution in [0.25, 0.3) is 22.2 Å². The van der Waals surface area contributed by atoms with Crippen molar-refractivity contribution < 1.29 is 36.2 Å². The van der Waals surface area contributed by atoms with Crippen LogP contribution in [0.1, 0.15) is 11.4 Å². The lowest BCUT2D eigenvalue weighted by Gasteiger charge is -2.15. The highest BCUT2D eigenvalue weighted by molar-refractivity contribution is 5.96. The standard InChI is InChI=1S/C27H21F5N6O4/c1-37-24-18(14-7-19(29)25(21(8-14)41-2)42-12-22-33-13-34-36-22)9-15(27(30,31)32)10-20(24)38(26(37)40)11-23(39)35-17-5-3-16(28)4-6-17/h3-10,13H,11-12H2,1-2H3,(H,35,39)(H,33,34,36). The van der Waals surface area contributed by atoms with Gasteiger partial charge in [0.25, 0.3) is 0 Å². The minimum absolute atomic E-state index is 0.0133. The third kappa shape index (κ3) is 5.53. The highest BCUT2D eigenvalue weighted by atomic mass is 19.4. The van der Waals surface area contributed by atoms with E-state index in [9.17, 15) is 27.2 Å². The number of aryl methyl sites for hydroxylation is 1. The Bertz CT molecular complexity index is 1830. The fourth-order valence-electron chi connectivity index (χ4n) is 4.43. The lowest BCUT2D eigenvalue weighted by molar-refractivity contribution is -0.137. The van der Waals surface area contributed by atoms with Crippen molar-refractivity contribution in [3.63, 3.8) is 0 Å². The van der Waals surface area contributed by atoms with Crippen LogP contribution in [-0.2, 0) is 31.2 Å². The number of halogens is 5. The van der Waals surface area contributed by atoms with E-state index in [0.717, 1.165) is 39.5 Å². The number of nitrogens with zero attached hydrogens (tertiary/aromatic N) is 4. The SMILES string of the molecule is COc1cc(-c2cc(C(F)(F)F)cc3c2n(C)c(=O)n3CC(=O)Nc2ccc(F)cc2)cc(F)c1OCc1ncn[nH]1. The molecule has 0 radical (unpaired) electrons. The first-order valence-corrected chi connectivity index (χ1v) is 12.2. The van der Waals surface area contributed by atoms with E-state index in [1.54, 1.807) is 0 Å². The van der Waals surface area contributed by atoms with Gasteiger partial charge in [-0.1, -0.05) is 0 Å². The second-order valence-electron chi connectivity index (χ2n) is 9.08. The van der Waals surface area contributed by atoms with E-state index in [2.05, 4.69) is 20.5 Å². The zero-order chi connectivity index (χ0) is 30.2. The second kappa shape index (κ2) is 11.0. The monoisotopic (exact) mass is 588 g/mol. The molecule has 1 amide bonds. The Morgan fingerprint density at radius 2 is 1.83 bits per heavy atom. The molecular formula is C27H21F5N6O4. The molecule has 5 rings (SSSR count). The van der Waals surface area contributed by atoms with E-state index >= 15 is 4.39 Å². The molecule has 218 valence electrons. The van der Waals surface area contributed by atoms with Crippen LogP contribution in [0.15, 0.2) is 59.7 Å². The van der Waals surface area contributed by atoms with Crippen LogP contribution in [0, 0.1) is 11.6 Å². The first-order valence-electron chi connectivity index (χ1n) is 12.2. The summed E-state index contributed by atoms with van der Waals surface area (Å²) in [7, 11) is 2.55. The Morgan fingerprint density at radius 3 is 2.48 bits per heavy atom. The lowest BCUT2D eigenvalue weighted by Crippen LogP contribution is -2.28. The first kappa shape index (κ1) is 28.3. The van der Waals surface area contributed by atoms with Crippen molar-refractivity contribution >= 4 is 22.6 Å². The number of imidazole rings is 1. The Labute approximate surface area is 233 Å². The Morgan fingerprint density at radius 1 is 1.10 bits per heavy atom. The molecule has 0 unspecified atom stereocenters. The summed E-state index contributed by atoms with van der Waals surface area (Å²) in [6.07, 6.45) is -3.62. The third-order valence-electron chi connectivity index (χ3n) is 6.35. The molecule has 2 N–H and O–H groups in total. The number of aromatic nitrogens is 5. The van der Waals surface area contributed by atoms with Crippen molar-refractivity contribution in [2.45, 2.75) is 19.3 Å². The summed E-state index contributed by atoms with van der Waals surface area (Å²) in [6, 6.07) is 8.56. The number of methoxy groups -OCH3 is 1. The summed E-state index contributed by atoms with van der Waals surface area (Å²) in [6.45, 7) is -0.849. The van der Waals surface area contributed by atoms with E-state index in [-0.39, 0.29) is 46.0 Å². The lowest BCUT2D eigenvalue weighted by atomic mass is 9.99. The van der Waals surface area contributed by atoms with E-state index < -0.39 is 41.5 Å². The minimum atomic E-state index is -4.85. The maximum Gasteiger partial charge on any atom is 0.416 e. The molecule has 3 aromatic carbocycles. The van der Waals surface area contributed by atoms with Crippen molar-refractivity contribution in [2.24, 2.45) is 7.05 Å². The molecule has 0 spiro atoms. The van der Waals surface area contributed by atoms with Gasteiger partial charge in [0.05, 0.1) is 23.7 Å². The summed E-state index contributed by atoms with van der Waals surface area (Å²) < 4.78 is 83.2. The molecule has 0 atom stereocenters. The van der Waals surface area contributed by atoms with Crippen molar-refractivity contribution in [1.29, 1.82) is 0 Å². The molecule has 2 heterocycles. The van der Waals surface area contributed by atoms with Crippen LogP contribution in [0.5, 0.6) is 11.5 Å². The number of hydrogen-bond donors (Lipinski definition) is 2. The number of rotatable bonds is 8. The van der Waals surface area contributed by atoms with Crippen LogP contribution in [-0.4, -0.2) is 37.3 Å². The number of hydrogen-bond acceptors (Lipinski definition) is 6. The number of carbonyl (C=O) groups is 1. The average Bonchev–Trinajstić information content (AvgIpc) is 3.55. The predicted octanol–water partition coefficient (Wildman–Crippen LogP) is 4.65. The first-order chi connectivity index (χ1) is 20.0. The number of amides is 1. The van der Waals surface area contributed by atoms with Crippen LogP contribution < -0.4 is 20.5 Å². The number of fused-ring (bicyclic) bond motifs is 1. The summed E-state index contributed by atoms with van der Waals surface area (Å²) in [5.74, 6) is -2.37. The number of ether oxygens (including phenoxy) is 2. The maximum atomic E-state index is 15.3. The molecule has 0 aliphatic carbocycles. The van der Waals surface area contributed by atoms with Crippen LogP contribution in [0.3, 0.4) is 0 Å². The van der Waals surface area contributed by atoms with Gasteiger partial charge in [0.15, 0.2) is 23.1 Å². The average molecular weight is 588 g/mol. The molecule has 5 aromatic rings. The van der Waals surface area contributed by atoms with E-state index in [4.69, 9.17) is 9.47 Å². The Balaban J connectivity index is 1.61. The van der Waals surface area contributed by atoms with Crippen molar-refractivity contribution in [2.75, 3.05) is 12.4 Å². The number of anilines is 1. The summed E-state index contributed by atoms with van der Waals surface area (Å²) in [5, 5.41) is 8.69. The van der Waals surface area contributed by atoms with Crippen LogP contribution in [0.4, 0.5) is 27.6 Å². The molecule has 0 fully saturated rings. The molecule has 0 aliphatic rings. The van der Waals surface area contributed by atoms with E-state index in [0.29, 0.717) is 5.82 Å². The normalized spacial score (nSPS) is 11.6. The Hall–Kier alpha value is -5.21. The third-order valence-corrected chi connectivity index (χ3v) is 6.35. The molecule has 0 saturated heterocycles. The molecule has 0 aliphatic heterocycles. The smallest absolute Gasteiger partial charge is 0.416 e. The second-order valence-corrected chi connectivity index (χ2v) is 9.08. The highest BCUT2D eigenvalue weighted by Crippen LogP contribution is 2.41. The van der Waals surface area contributed by atoms with Gasteiger partial charge < -0.3 is 14.8 Å². The molecule has 0 bridgehead atoms. The van der Waals surface area contributed by atoms with Gasteiger partial charge in [-0.2, -0.15) is 18.3 Å². The summed E-state index contributed by atoms with van der Waals surface area (Å²) in [5.41, 5.74) is -2.09. The summed E-state index contributed by atoms with van der Waals surface area (Å²) >= 11 is 0. The van der Waals surface area contributed by atoms with Crippen LogP contribution >= 0.6 is 0 Å². The van der Waals surface area contributed by atoms with Crippen molar-refractivity contribution in [3.8, 4) is 22.6 Å². The van der Waals surface area contributed by atoms with Gasteiger partial charge in [0.1, 0.15) is 25.3 Å². The molecular weight excluding hydrogens is 567 g/mol. The number of alkyl halides is 3. The zero-order valence-electron chi connectivity index (χ0n) is 21.9. The number of carbonyl (C=O) groups excluding carboxylic acids is 1. The quantitative estimate of drug-likeness (QED) is 0.255. The van der Waals surface area contributed by atoms with Crippen LogP contribution in [0.2, 0.25) is 0 Å². The minimum Gasteiger partial charge on any atom is -0.493 e. The van der Waals surface area contributed by atoms with E-state index in [1.807, 2.05) is 0 Å². The predicted molar refractivity (Wildman–Crippen MR) is 140 cm³/mol. The largest absolute Gasteiger partial charge is 0.493 e. The van der Waals surface area contributed by atoms with E-state index in [1.165, 1.54) is 38.7 Å². The molecule has 10 nitrogen and oxygen atoms in total. The maximum absolute atomic E-state index is 15.3. The van der Waals surface area contributed by atoms with Gasteiger partial charge in [-0.3, -0.25) is 19.0 Å². The number of nitrogens with one attached hydrogen (secondary N) is 2. The highest BCUT2D eigenvalue weighted by Gasteiger charge is 2.33. The number of H-pyrrole nitrogens is 1. The molecule has 42 heavy (non-hydrogen) atoms. The van der Waals surface area contributed by atoms with Gasteiger partial charge in [0, 0.05) is 18.3 Å². The number of benzene rings is 3. The fraction of sp³-hybridized carbons (Fsp3) is 0.185. The number of aromatic amines is 1. The van der Waals surface area contributed by atoms with Gasteiger partial charge in [-0.15, -0.1) is 0 Å².